The van der Waals surface area contributed by atoms with Gasteiger partial charge >= 0.3 is 6.18 Å². The normalized spacial score (nSPS) is 26.3. The molecule has 0 saturated carbocycles. The van der Waals surface area contributed by atoms with E-state index in [0.717, 1.165) is 30.6 Å². The Kier molecular flexibility index (Phi) is 2.55. The van der Waals surface area contributed by atoms with Crippen LogP contribution in [0.5, 0.6) is 0 Å². The topological polar surface area (TPSA) is 29.3 Å². The van der Waals surface area contributed by atoms with Crippen LogP contribution in [0.15, 0.2) is 18.2 Å². The van der Waals surface area contributed by atoms with Crippen LogP contribution < -0.4 is 10.6 Å². The Morgan fingerprint density at radius 2 is 2.11 bits per heavy atom. The third-order valence-corrected chi connectivity index (χ3v) is 4.01. The van der Waals surface area contributed by atoms with E-state index in [1.54, 1.807) is 6.07 Å². The summed E-state index contributed by atoms with van der Waals surface area (Å²) in [6, 6.07) is 4.43. The second kappa shape index (κ2) is 3.88. The zero-order valence-electron chi connectivity index (χ0n) is 9.87. The van der Waals surface area contributed by atoms with Gasteiger partial charge < -0.3 is 10.6 Å². The Balaban J connectivity index is 1.90. The molecule has 2 atom stereocenters. The van der Waals surface area contributed by atoms with Gasteiger partial charge in [-0.25, -0.2) is 0 Å². The number of rotatable bonds is 1. The van der Waals surface area contributed by atoms with Crippen molar-refractivity contribution in [3.8, 4) is 0 Å². The Labute approximate surface area is 104 Å². The molecule has 1 aromatic carbocycles. The molecule has 0 bridgehead atoms. The fourth-order valence-corrected chi connectivity index (χ4v) is 3.13. The van der Waals surface area contributed by atoms with Crippen LogP contribution in [-0.2, 0) is 12.6 Å². The molecule has 2 aliphatic heterocycles. The molecule has 0 amide bonds. The van der Waals surface area contributed by atoms with E-state index in [2.05, 4.69) is 4.90 Å². The average molecular weight is 256 g/mol. The van der Waals surface area contributed by atoms with Crippen LogP contribution in [0.2, 0.25) is 0 Å². The van der Waals surface area contributed by atoms with E-state index >= 15 is 0 Å². The predicted molar refractivity (Wildman–Crippen MR) is 63.4 cm³/mol. The van der Waals surface area contributed by atoms with Crippen LogP contribution in [0, 0.1) is 5.92 Å². The van der Waals surface area contributed by atoms with E-state index < -0.39 is 11.7 Å². The zero-order valence-corrected chi connectivity index (χ0v) is 9.87. The lowest BCUT2D eigenvalue weighted by Gasteiger charge is -2.19. The number of hydrogen-bond donors (Lipinski definition) is 1. The van der Waals surface area contributed by atoms with Gasteiger partial charge in [0.05, 0.1) is 5.56 Å². The van der Waals surface area contributed by atoms with Gasteiger partial charge in [-0.1, -0.05) is 0 Å². The van der Waals surface area contributed by atoms with E-state index in [1.807, 2.05) is 0 Å². The maximum absolute atomic E-state index is 12.6. The molecule has 5 heteroatoms. The largest absolute Gasteiger partial charge is 0.416 e. The monoisotopic (exact) mass is 256 g/mol. The van der Waals surface area contributed by atoms with Gasteiger partial charge in [0.25, 0.3) is 0 Å². The summed E-state index contributed by atoms with van der Waals surface area (Å²) < 4.78 is 37.9. The third kappa shape index (κ3) is 1.77. The first-order valence-electron chi connectivity index (χ1n) is 6.16. The summed E-state index contributed by atoms with van der Waals surface area (Å²) >= 11 is 0. The SMILES string of the molecule is NCC1CC2Cc3cc(C(F)(F)F)ccc3N2C1. The molecule has 1 saturated heterocycles. The van der Waals surface area contributed by atoms with Gasteiger partial charge in [-0.15, -0.1) is 0 Å². The molecule has 0 spiro atoms. The molecule has 2 heterocycles. The van der Waals surface area contributed by atoms with Crippen molar-refractivity contribution in [3.05, 3.63) is 29.3 Å². The minimum atomic E-state index is -4.25. The number of fused-ring (bicyclic) bond motifs is 3. The van der Waals surface area contributed by atoms with Gasteiger partial charge in [0.1, 0.15) is 0 Å². The van der Waals surface area contributed by atoms with Crippen LogP contribution >= 0.6 is 0 Å². The number of halogens is 3. The first-order chi connectivity index (χ1) is 8.49. The molecule has 0 aliphatic carbocycles. The van der Waals surface area contributed by atoms with Crippen molar-refractivity contribution < 1.29 is 13.2 Å². The number of nitrogens with two attached hydrogens (primary N) is 1. The number of alkyl halides is 3. The van der Waals surface area contributed by atoms with E-state index in [4.69, 9.17) is 5.73 Å². The summed E-state index contributed by atoms with van der Waals surface area (Å²) in [5, 5.41) is 0. The van der Waals surface area contributed by atoms with E-state index in [0.29, 0.717) is 18.5 Å². The van der Waals surface area contributed by atoms with Gasteiger partial charge in [0.15, 0.2) is 0 Å². The smallest absolute Gasteiger partial charge is 0.368 e. The number of nitrogens with zero attached hydrogens (tertiary/aromatic N) is 1. The summed E-state index contributed by atoms with van der Waals surface area (Å²) in [6.45, 7) is 1.53. The Hall–Kier alpha value is -1.23. The van der Waals surface area contributed by atoms with Gasteiger partial charge in [0.2, 0.25) is 0 Å². The molecule has 2 aliphatic rings. The standard InChI is InChI=1S/C13H15F3N2/c14-13(15,16)10-1-2-12-9(4-10)5-11-3-8(6-17)7-18(11)12/h1-2,4,8,11H,3,5-7,17H2. The molecule has 2 N–H and O–H groups in total. The number of anilines is 1. The first-order valence-corrected chi connectivity index (χ1v) is 6.16. The molecule has 1 aromatic rings. The average Bonchev–Trinajstić information content (AvgIpc) is 2.83. The molecule has 0 aromatic heterocycles. The molecule has 2 unspecified atom stereocenters. The Bertz CT molecular complexity index is 470. The van der Waals surface area contributed by atoms with Crippen molar-refractivity contribution in [2.24, 2.45) is 11.7 Å². The molecular weight excluding hydrogens is 241 g/mol. The molecular formula is C13H15F3N2. The highest BCUT2D eigenvalue weighted by Crippen LogP contribution is 2.42. The molecule has 1 fully saturated rings. The van der Waals surface area contributed by atoms with Crippen molar-refractivity contribution in [1.82, 2.24) is 0 Å². The minimum absolute atomic E-state index is 0.344. The summed E-state index contributed by atoms with van der Waals surface area (Å²) in [5.41, 5.74) is 6.91. The summed E-state index contributed by atoms with van der Waals surface area (Å²) in [4.78, 5) is 2.22. The third-order valence-electron chi connectivity index (χ3n) is 4.01. The molecule has 2 nitrogen and oxygen atoms in total. The lowest BCUT2D eigenvalue weighted by atomic mass is 10.00. The summed E-state index contributed by atoms with van der Waals surface area (Å²) in [5.74, 6) is 0.477. The lowest BCUT2D eigenvalue weighted by Crippen LogP contribution is -2.25. The second-order valence-electron chi connectivity index (χ2n) is 5.19. The van der Waals surface area contributed by atoms with Gasteiger partial charge in [-0.2, -0.15) is 13.2 Å². The maximum atomic E-state index is 12.6. The maximum Gasteiger partial charge on any atom is 0.416 e. The van der Waals surface area contributed by atoms with Crippen LogP contribution in [0.3, 0.4) is 0 Å². The van der Waals surface area contributed by atoms with Crippen molar-refractivity contribution >= 4 is 5.69 Å². The van der Waals surface area contributed by atoms with E-state index in [1.165, 1.54) is 12.1 Å². The molecule has 98 valence electrons. The van der Waals surface area contributed by atoms with Gasteiger partial charge in [-0.3, -0.25) is 0 Å². The van der Waals surface area contributed by atoms with Gasteiger partial charge in [0, 0.05) is 18.3 Å². The quantitative estimate of drug-likeness (QED) is 0.836. The fourth-order valence-electron chi connectivity index (χ4n) is 3.13. The zero-order chi connectivity index (χ0) is 12.9. The van der Waals surface area contributed by atoms with Crippen molar-refractivity contribution in [2.45, 2.75) is 25.1 Å². The van der Waals surface area contributed by atoms with Crippen LogP contribution in [0.1, 0.15) is 17.5 Å². The fraction of sp³-hybridized carbons (Fsp3) is 0.538. The Morgan fingerprint density at radius 3 is 2.78 bits per heavy atom. The summed E-state index contributed by atoms with van der Waals surface area (Å²) in [6.07, 6.45) is -2.54. The van der Waals surface area contributed by atoms with Crippen LogP contribution in [0.25, 0.3) is 0 Å². The second-order valence-corrected chi connectivity index (χ2v) is 5.19. The lowest BCUT2D eigenvalue weighted by molar-refractivity contribution is -0.137. The number of benzene rings is 1. The molecule has 18 heavy (non-hydrogen) atoms. The molecule has 0 radical (unpaired) electrons. The van der Waals surface area contributed by atoms with Crippen molar-refractivity contribution in [3.63, 3.8) is 0 Å². The van der Waals surface area contributed by atoms with E-state index in [-0.39, 0.29) is 0 Å². The Morgan fingerprint density at radius 1 is 1.33 bits per heavy atom. The highest BCUT2D eigenvalue weighted by molar-refractivity contribution is 5.61. The van der Waals surface area contributed by atoms with Crippen LogP contribution in [0.4, 0.5) is 18.9 Å². The molecule has 3 rings (SSSR count). The van der Waals surface area contributed by atoms with E-state index in [9.17, 15) is 13.2 Å². The number of hydrogen-bond acceptors (Lipinski definition) is 2. The van der Waals surface area contributed by atoms with Gasteiger partial charge in [-0.05, 0) is 49.1 Å². The van der Waals surface area contributed by atoms with Crippen LogP contribution in [-0.4, -0.2) is 19.1 Å². The highest BCUT2D eigenvalue weighted by Gasteiger charge is 2.39. The summed E-state index contributed by atoms with van der Waals surface area (Å²) in [7, 11) is 0. The van der Waals surface area contributed by atoms with Crippen molar-refractivity contribution in [2.75, 3.05) is 18.0 Å². The minimum Gasteiger partial charge on any atom is -0.368 e. The predicted octanol–water partition coefficient (Wildman–Crippen LogP) is 2.42. The highest BCUT2D eigenvalue weighted by atomic mass is 19.4. The first kappa shape index (κ1) is 11.8. The van der Waals surface area contributed by atoms with Crippen molar-refractivity contribution in [1.29, 1.82) is 0 Å².